The molecule has 2 aromatic carbocycles. The van der Waals surface area contributed by atoms with E-state index in [0.29, 0.717) is 29.9 Å². The Hall–Kier alpha value is -2.97. The molecule has 1 aliphatic rings. The van der Waals surface area contributed by atoms with Crippen molar-refractivity contribution in [1.29, 1.82) is 0 Å². The average Bonchev–Trinajstić information content (AvgIpc) is 3.08. The minimum absolute atomic E-state index is 0.234. The maximum absolute atomic E-state index is 12.8. The Bertz CT molecular complexity index is 1050. The summed E-state index contributed by atoms with van der Waals surface area (Å²) in [5.74, 6) is -0.586. The number of amides is 2. The van der Waals surface area contributed by atoms with Gasteiger partial charge in [-0.2, -0.15) is 4.31 Å². The topological polar surface area (TPSA) is 95.6 Å². The maximum Gasteiger partial charge on any atom is 0.251 e. The molecule has 1 heterocycles. The standard InChI is InChI=1S/C23H27N3O4S/c1-24-23(28)19-7-6-8-20(17-19)25-22(27)14-11-18-9-12-21(13-10-18)31(29,30)26-15-4-2-3-5-16-26/h6-14,17H,2-5,15-16H2,1H3,(H,24,28)(H,25,27). The number of nitrogens with one attached hydrogen (secondary N) is 2. The van der Waals surface area contributed by atoms with Crippen molar-refractivity contribution in [2.75, 3.05) is 25.5 Å². The van der Waals surface area contributed by atoms with E-state index in [-0.39, 0.29) is 16.7 Å². The highest BCUT2D eigenvalue weighted by molar-refractivity contribution is 7.89. The van der Waals surface area contributed by atoms with Crippen molar-refractivity contribution in [3.63, 3.8) is 0 Å². The van der Waals surface area contributed by atoms with Crippen molar-refractivity contribution in [3.8, 4) is 0 Å². The molecule has 2 aromatic rings. The molecule has 2 amide bonds. The first kappa shape index (κ1) is 22.7. The summed E-state index contributed by atoms with van der Waals surface area (Å²) < 4.78 is 27.2. The number of hydrogen-bond donors (Lipinski definition) is 2. The lowest BCUT2D eigenvalue weighted by atomic mass is 10.2. The minimum atomic E-state index is -3.49. The Morgan fingerprint density at radius 2 is 1.65 bits per heavy atom. The lowest BCUT2D eigenvalue weighted by molar-refractivity contribution is -0.111. The molecule has 1 fully saturated rings. The SMILES string of the molecule is CNC(=O)c1cccc(NC(=O)C=Cc2ccc(S(=O)(=O)N3CCCCCC3)cc2)c1. The van der Waals surface area contributed by atoms with Gasteiger partial charge in [0.2, 0.25) is 15.9 Å². The third-order valence-electron chi connectivity index (χ3n) is 5.13. The second kappa shape index (κ2) is 10.4. The van der Waals surface area contributed by atoms with Gasteiger partial charge in [-0.1, -0.05) is 31.0 Å². The third kappa shape index (κ3) is 6.02. The van der Waals surface area contributed by atoms with E-state index in [1.165, 1.54) is 6.08 Å². The van der Waals surface area contributed by atoms with Crippen LogP contribution in [-0.2, 0) is 14.8 Å². The molecule has 0 atom stereocenters. The van der Waals surface area contributed by atoms with Crippen molar-refractivity contribution in [2.24, 2.45) is 0 Å². The van der Waals surface area contributed by atoms with Crippen molar-refractivity contribution in [3.05, 3.63) is 65.7 Å². The summed E-state index contributed by atoms with van der Waals surface area (Å²) in [6.45, 7) is 1.12. The largest absolute Gasteiger partial charge is 0.355 e. The van der Waals surface area contributed by atoms with Crippen LogP contribution in [0.4, 0.5) is 5.69 Å². The normalized spacial score (nSPS) is 15.4. The van der Waals surface area contributed by atoms with Crippen LogP contribution in [0, 0.1) is 0 Å². The fraction of sp³-hybridized carbons (Fsp3) is 0.304. The third-order valence-corrected chi connectivity index (χ3v) is 7.04. The fourth-order valence-corrected chi connectivity index (χ4v) is 4.94. The summed E-state index contributed by atoms with van der Waals surface area (Å²) in [7, 11) is -1.95. The molecule has 0 aliphatic carbocycles. The molecular formula is C23H27N3O4S. The molecule has 3 rings (SSSR count). The zero-order valence-electron chi connectivity index (χ0n) is 17.5. The van der Waals surface area contributed by atoms with Gasteiger partial charge in [0.25, 0.3) is 5.91 Å². The monoisotopic (exact) mass is 441 g/mol. The summed E-state index contributed by atoms with van der Waals surface area (Å²) in [6, 6.07) is 13.1. The lowest BCUT2D eigenvalue weighted by Gasteiger charge is -2.19. The maximum atomic E-state index is 12.8. The number of sulfonamides is 1. The zero-order valence-corrected chi connectivity index (χ0v) is 18.3. The summed E-state index contributed by atoms with van der Waals surface area (Å²) in [6.07, 6.45) is 6.88. The predicted octanol–water partition coefficient (Wildman–Crippen LogP) is 3.26. The van der Waals surface area contributed by atoms with Crippen LogP contribution >= 0.6 is 0 Å². The molecule has 1 aliphatic heterocycles. The summed E-state index contributed by atoms with van der Waals surface area (Å²) >= 11 is 0. The van der Waals surface area contributed by atoms with E-state index in [9.17, 15) is 18.0 Å². The van der Waals surface area contributed by atoms with Gasteiger partial charge in [0, 0.05) is 37.5 Å². The molecule has 8 heteroatoms. The first-order valence-corrected chi connectivity index (χ1v) is 11.8. The molecule has 7 nitrogen and oxygen atoms in total. The number of nitrogens with zero attached hydrogens (tertiary/aromatic N) is 1. The highest BCUT2D eigenvalue weighted by atomic mass is 32.2. The van der Waals surface area contributed by atoms with Gasteiger partial charge in [-0.3, -0.25) is 9.59 Å². The highest BCUT2D eigenvalue weighted by Crippen LogP contribution is 2.21. The molecule has 0 saturated carbocycles. The van der Waals surface area contributed by atoms with E-state index >= 15 is 0 Å². The second-order valence-electron chi connectivity index (χ2n) is 7.37. The first-order valence-electron chi connectivity index (χ1n) is 10.3. The van der Waals surface area contributed by atoms with Crippen molar-refractivity contribution >= 4 is 33.6 Å². The Balaban J connectivity index is 1.64. The van der Waals surface area contributed by atoms with E-state index in [0.717, 1.165) is 25.7 Å². The van der Waals surface area contributed by atoms with E-state index in [1.807, 2.05) is 0 Å². The number of anilines is 1. The fourth-order valence-electron chi connectivity index (χ4n) is 3.42. The van der Waals surface area contributed by atoms with Crippen molar-refractivity contribution < 1.29 is 18.0 Å². The van der Waals surface area contributed by atoms with Crippen LogP contribution in [0.1, 0.15) is 41.6 Å². The average molecular weight is 442 g/mol. The molecule has 164 valence electrons. The molecule has 1 saturated heterocycles. The van der Waals surface area contributed by atoms with E-state index < -0.39 is 10.0 Å². The summed E-state index contributed by atoms with van der Waals surface area (Å²) in [5, 5.41) is 5.24. The van der Waals surface area contributed by atoms with Gasteiger partial charge in [-0.25, -0.2) is 8.42 Å². The van der Waals surface area contributed by atoms with Crippen LogP contribution in [0.5, 0.6) is 0 Å². The summed E-state index contributed by atoms with van der Waals surface area (Å²) in [5.41, 5.74) is 1.67. The zero-order chi connectivity index (χ0) is 22.3. The van der Waals surface area contributed by atoms with E-state index in [1.54, 1.807) is 66.0 Å². The van der Waals surface area contributed by atoms with Gasteiger partial charge < -0.3 is 10.6 Å². The number of carbonyl (C=O) groups is 2. The van der Waals surface area contributed by atoms with Crippen LogP contribution in [-0.4, -0.2) is 44.7 Å². The molecule has 2 N–H and O–H groups in total. The van der Waals surface area contributed by atoms with Gasteiger partial charge in [-0.05, 0) is 54.8 Å². The minimum Gasteiger partial charge on any atom is -0.355 e. The number of rotatable bonds is 6. The molecule has 0 bridgehead atoms. The lowest BCUT2D eigenvalue weighted by Crippen LogP contribution is -2.31. The molecule has 0 radical (unpaired) electrons. The van der Waals surface area contributed by atoms with Gasteiger partial charge in [0.05, 0.1) is 4.90 Å². The van der Waals surface area contributed by atoms with Gasteiger partial charge in [-0.15, -0.1) is 0 Å². The first-order chi connectivity index (χ1) is 14.9. The van der Waals surface area contributed by atoms with Crippen LogP contribution < -0.4 is 10.6 Å². The number of hydrogen-bond acceptors (Lipinski definition) is 4. The van der Waals surface area contributed by atoms with E-state index in [4.69, 9.17) is 0 Å². The van der Waals surface area contributed by atoms with Gasteiger partial charge >= 0.3 is 0 Å². The molecular weight excluding hydrogens is 414 g/mol. The predicted molar refractivity (Wildman–Crippen MR) is 121 cm³/mol. The quantitative estimate of drug-likeness (QED) is 0.673. The highest BCUT2D eigenvalue weighted by Gasteiger charge is 2.24. The second-order valence-corrected chi connectivity index (χ2v) is 9.31. The Morgan fingerprint density at radius 1 is 0.968 bits per heavy atom. The Morgan fingerprint density at radius 3 is 2.29 bits per heavy atom. The Labute approximate surface area is 183 Å². The molecule has 31 heavy (non-hydrogen) atoms. The molecule has 0 unspecified atom stereocenters. The van der Waals surface area contributed by atoms with E-state index in [2.05, 4.69) is 10.6 Å². The smallest absolute Gasteiger partial charge is 0.251 e. The number of carbonyl (C=O) groups excluding carboxylic acids is 2. The van der Waals surface area contributed by atoms with Crippen molar-refractivity contribution in [1.82, 2.24) is 9.62 Å². The molecule has 0 spiro atoms. The van der Waals surface area contributed by atoms with Gasteiger partial charge in [0.1, 0.15) is 0 Å². The number of benzene rings is 2. The van der Waals surface area contributed by atoms with Crippen molar-refractivity contribution in [2.45, 2.75) is 30.6 Å². The molecule has 0 aromatic heterocycles. The van der Waals surface area contributed by atoms with Crippen LogP contribution in [0.3, 0.4) is 0 Å². The summed E-state index contributed by atoms with van der Waals surface area (Å²) in [4.78, 5) is 24.2. The Kier molecular flexibility index (Phi) is 7.59. The van der Waals surface area contributed by atoms with Crippen LogP contribution in [0.15, 0.2) is 59.5 Å². The van der Waals surface area contributed by atoms with Crippen LogP contribution in [0.25, 0.3) is 6.08 Å². The van der Waals surface area contributed by atoms with Gasteiger partial charge in [0.15, 0.2) is 0 Å². The van der Waals surface area contributed by atoms with Crippen LogP contribution in [0.2, 0.25) is 0 Å².